The van der Waals surface area contributed by atoms with Gasteiger partial charge in [0.05, 0.1) is 0 Å². The van der Waals surface area contributed by atoms with Crippen molar-refractivity contribution < 1.29 is 0 Å². The number of benzene rings is 1. The van der Waals surface area contributed by atoms with Gasteiger partial charge in [-0.05, 0) is 29.5 Å². The molecule has 0 saturated heterocycles. The van der Waals surface area contributed by atoms with E-state index in [4.69, 9.17) is 0 Å². The summed E-state index contributed by atoms with van der Waals surface area (Å²) in [6.07, 6.45) is 4.58. The fourth-order valence-electron chi connectivity index (χ4n) is 1.80. The van der Waals surface area contributed by atoms with Crippen molar-refractivity contribution in [2.75, 3.05) is 0 Å². The molecule has 0 N–H and O–H groups in total. The average Bonchev–Trinajstić information content (AvgIpc) is 2.12. The van der Waals surface area contributed by atoms with Crippen molar-refractivity contribution in [2.45, 2.75) is 17.8 Å². The lowest BCUT2D eigenvalue weighted by molar-refractivity contribution is 0.721. The Morgan fingerprint density at radius 3 is 2.85 bits per heavy atom. The summed E-state index contributed by atoms with van der Waals surface area (Å²) in [5.41, 5.74) is 4.32. The summed E-state index contributed by atoms with van der Waals surface area (Å²) in [4.78, 5) is 0. The highest BCUT2D eigenvalue weighted by Gasteiger charge is 2.20. The normalized spacial score (nSPS) is 25.8. The summed E-state index contributed by atoms with van der Waals surface area (Å²) in [6.45, 7) is 4.46. The SMILES string of the molecule is Cc1cccc2c1C=CC(C)C2I. The van der Waals surface area contributed by atoms with E-state index in [2.05, 4.69) is 66.8 Å². The van der Waals surface area contributed by atoms with Gasteiger partial charge in [-0.1, -0.05) is 59.9 Å². The van der Waals surface area contributed by atoms with Crippen LogP contribution in [0.25, 0.3) is 6.08 Å². The molecule has 1 aliphatic rings. The predicted octanol–water partition coefficient (Wildman–Crippen LogP) is 4.13. The highest BCUT2D eigenvalue weighted by molar-refractivity contribution is 14.1. The van der Waals surface area contributed by atoms with Crippen LogP contribution in [0.5, 0.6) is 0 Å². The lowest BCUT2D eigenvalue weighted by Gasteiger charge is -2.23. The van der Waals surface area contributed by atoms with Crippen LogP contribution in [0.3, 0.4) is 0 Å². The smallest absolute Gasteiger partial charge is 0.0425 e. The van der Waals surface area contributed by atoms with Gasteiger partial charge >= 0.3 is 0 Å². The van der Waals surface area contributed by atoms with Crippen molar-refractivity contribution >= 4 is 28.7 Å². The first-order valence-corrected chi connectivity index (χ1v) is 5.86. The van der Waals surface area contributed by atoms with Gasteiger partial charge in [0.25, 0.3) is 0 Å². The molecule has 2 unspecified atom stereocenters. The molecule has 0 heterocycles. The summed E-state index contributed by atoms with van der Waals surface area (Å²) in [5.74, 6) is 0.662. The van der Waals surface area contributed by atoms with Gasteiger partial charge in [-0.2, -0.15) is 0 Å². The molecule has 0 saturated carbocycles. The Morgan fingerprint density at radius 2 is 2.08 bits per heavy atom. The zero-order valence-electron chi connectivity index (χ0n) is 7.92. The Labute approximate surface area is 93.2 Å². The van der Waals surface area contributed by atoms with Gasteiger partial charge in [0.2, 0.25) is 0 Å². The third kappa shape index (κ3) is 1.54. The summed E-state index contributed by atoms with van der Waals surface area (Å²) in [5, 5.41) is 0. The van der Waals surface area contributed by atoms with Crippen LogP contribution in [0, 0.1) is 12.8 Å². The van der Waals surface area contributed by atoms with E-state index < -0.39 is 0 Å². The van der Waals surface area contributed by atoms with Crippen LogP contribution in [0.15, 0.2) is 24.3 Å². The molecule has 0 bridgehead atoms. The van der Waals surface area contributed by atoms with Crippen LogP contribution in [-0.2, 0) is 0 Å². The summed E-state index contributed by atoms with van der Waals surface area (Å²) < 4.78 is 0.637. The Kier molecular flexibility index (Phi) is 2.45. The highest BCUT2D eigenvalue weighted by atomic mass is 127. The van der Waals surface area contributed by atoms with E-state index in [-0.39, 0.29) is 0 Å². The Morgan fingerprint density at radius 1 is 1.31 bits per heavy atom. The van der Waals surface area contributed by atoms with Gasteiger partial charge in [0.1, 0.15) is 0 Å². The summed E-state index contributed by atoms with van der Waals surface area (Å²) in [7, 11) is 0. The van der Waals surface area contributed by atoms with E-state index in [1.165, 1.54) is 16.7 Å². The number of halogens is 1. The maximum absolute atomic E-state index is 2.54. The van der Waals surface area contributed by atoms with E-state index in [0.717, 1.165) is 0 Å². The van der Waals surface area contributed by atoms with Crippen LogP contribution in [-0.4, -0.2) is 0 Å². The van der Waals surface area contributed by atoms with Crippen molar-refractivity contribution in [3.05, 3.63) is 41.0 Å². The first-order valence-electron chi connectivity index (χ1n) is 4.62. The lowest BCUT2D eigenvalue weighted by atomic mass is 9.88. The number of alkyl halides is 1. The molecule has 0 fully saturated rings. The van der Waals surface area contributed by atoms with E-state index in [1.54, 1.807) is 0 Å². The largest absolute Gasteiger partial charge is 0.0797 e. The molecule has 0 nitrogen and oxygen atoms in total. The van der Waals surface area contributed by atoms with Crippen molar-refractivity contribution in [1.29, 1.82) is 0 Å². The van der Waals surface area contributed by atoms with E-state index in [0.29, 0.717) is 9.84 Å². The minimum atomic E-state index is 0.637. The maximum atomic E-state index is 2.54. The minimum absolute atomic E-state index is 0.637. The second kappa shape index (κ2) is 3.45. The molecule has 1 aromatic rings. The molecule has 0 aliphatic heterocycles. The van der Waals surface area contributed by atoms with Crippen LogP contribution in [0.4, 0.5) is 0 Å². The predicted molar refractivity (Wildman–Crippen MR) is 66.1 cm³/mol. The fourth-order valence-corrected chi connectivity index (χ4v) is 2.58. The van der Waals surface area contributed by atoms with E-state index in [9.17, 15) is 0 Å². The Bertz CT molecular complexity index is 352. The van der Waals surface area contributed by atoms with Gasteiger partial charge in [-0.25, -0.2) is 0 Å². The number of aryl methyl sites for hydroxylation is 1. The van der Waals surface area contributed by atoms with Crippen LogP contribution >= 0.6 is 22.6 Å². The Hall–Kier alpha value is -0.310. The molecule has 1 aromatic carbocycles. The van der Waals surface area contributed by atoms with Gasteiger partial charge < -0.3 is 0 Å². The maximum Gasteiger partial charge on any atom is 0.0425 e. The fraction of sp³-hybridized carbons (Fsp3) is 0.333. The van der Waals surface area contributed by atoms with Crippen molar-refractivity contribution in [3.63, 3.8) is 0 Å². The van der Waals surface area contributed by atoms with Gasteiger partial charge in [-0.3, -0.25) is 0 Å². The van der Waals surface area contributed by atoms with E-state index >= 15 is 0 Å². The molecule has 2 rings (SSSR count). The second-order valence-electron chi connectivity index (χ2n) is 3.70. The third-order valence-electron chi connectivity index (χ3n) is 2.68. The van der Waals surface area contributed by atoms with Gasteiger partial charge in [-0.15, -0.1) is 0 Å². The van der Waals surface area contributed by atoms with Crippen LogP contribution < -0.4 is 0 Å². The first-order chi connectivity index (χ1) is 6.20. The first kappa shape index (κ1) is 9.25. The quantitative estimate of drug-likeness (QED) is 0.496. The third-order valence-corrected chi connectivity index (χ3v) is 4.49. The summed E-state index contributed by atoms with van der Waals surface area (Å²) in [6, 6.07) is 6.59. The average molecular weight is 284 g/mol. The monoisotopic (exact) mass is 284 g/mol. The van der Waals surface area contributed by atoms with Gasteiger partial charge in [0, 0.05) is 3.92 Å². The van der Waals surface area contributed by atoms with Crippen molar-refractivity contribution in [1.82, 2.24) is 0 Å². The Balaban J connectivity index is 2.58. The molecular formula is C12H13I. The highest BCUT2D eigenvalue weighted by Crippen LogP contribution is 2.39. The number of hydrogen-bond acceptors (Lipinski definition) is 0. The minimum Gasteiger partial charge on any atom is -0.0797 e. The standard InChI is InChI=1S/C12H13I/c1-8-4-3-5-11-10(8)7-6-9(2)12(11)13/h3-7,9,12H,1-2H3. The molecule has 0 amide bonds. The molecule has 13 heavy (non-hydrogen) atoms. The van der Waals surface area contributed by atoms with Crippen LogP contribution in [0.1, 0.15) is 27.5 Å². The van der Waals surface area contributed by atoms with Crippen molar-refractivity contribution in [3.8, 4) is 0 Å². The molecule has 68 valence electrons. The lowest BCUT2D eigenvalue weighted by Crippen LogP contribution is -2.07. The zero-order valence-corrected chi connectivity index (χ0v) is 10.1. The van der Waals surface area contributed by atoms with Gasteiger partial charge in [0.15, 0.2) is 0 Å². The topological polar surface area (TPSA) is 0 Å². The molecule has 0 aromatic heterocycles. The van der Waals surface area contributed by atoms with Crippen molar-refractivity contribution in [2.24, 2.45) is 5.92 Å². The number of allylic oxidation sites excluding steroid dienone is 1. The number of hydrogen-bond donors (Lipinski definition) is 0. The molecular weight excluding hydrogens is 271 g/mol. The van der Waals surface area contributed by atoms with Crippen LogP contribution in [0.2, 0.25) is 0 Å². The zero-order chi connectivity index (χ0) is 9.42. The second-order valence-corrected chi connectivity index (χ2v) is 5.04. The number of fused-ring (bicyclic) bond motifs is 1. The molecule has 0 spiro atoms. The summed E-state index contributed by atoms with van der Waals surface area (Å²) >= 11 is 2.54. The molecule has 1 aliphatic carbocycles. The number of rotatable bonds is 0. The molecule has 2 atom stereocenters. The van der Waals surface area contributed by atoms with E-state index in [1.807, 2.05) is 0 Å². The molecule has 0 radical (unpaired) electrons. The molecule has 1 heteroatoms.